The number of halogens is 1. The van der Waals surface area contributed by atoms with Gasteiger partial charge in [-0.2, -0.15) is 4.31 Å². The van der Waals surface area contributed by atoms with Crippen molar-refractivity contribution in [2.24, 2.45) is 0 Å². The molecule has 2 aromatic rings. The minimum absolute atomic E-state index is 0.142. The lowest BCUT2D eigenvalue weighted by molar-refractivity contribution is 0.351. The van der Waals surface area contributed by atoms with Gasteiger partial charge in [0.15, 0.2) is 11.5 Å². The Balaban J connectivity index is 1.86. The van der Waals surface area contributed by atoms with Gasteiger partial charge in [-0.1, -0.05) is 18.2 Å². The minimum atomic E-state index is -3.52. The first kappa shape index (κ1) is 18.7. The molecule has 1 aliphatic heterocycles. The van der Waals surface area contributed by atoms with Crippen LogP contribution in [0.1, 0.15) is 30.0 Å². The summed E-state index contributed by atoms with van der Waals surface area (Å²) in [6.45, 7) is 0.475. The van der Waals surface area contributed by atoms with Gasteiger partial charge in [-0.15, -0.1) is 0 Å². The highest BCUT2D eigenvalue weighted by Gasteiger charge is 2.35. The Morgan fingerprint density at radius 2 is 1.77 bits per heavy atom. The van der Waals surface area contributed by atoms with Crippen molar-refractivity contribution in [1.29, 1.82) is 0 Å². The van der Waals surface area contributed by atoms with Crippen molar-refractivity contribution >= 4 is 10.0 Å². The Labute approximate surface area is 153 Å². The van der Waals surface area contributed by atoms with Gasteiger partial charge in [-0.3, -0.25) is 0 Å². The maximum absolute atomic E-state index is 13.1. The lowest BCUT2D eigenvalue weighted by atomic mass is 10.0. The van der Waals surface area contributed by atoms with Crippen LogP contribution in [0, 0.1) is 5.82 Å². The topological polar surface area (TPSA) is 55.8 Å². The molecular formula is C19H22FNO4S. The fraction of sp³-hybridized carbons (Fsp3) is 0.368. The molecule has 7 heteroatoms. The Kier molecular flexibility index (Phi) is 5.48. The second-order valence-corrected chi connectivity index (χ2v) is 8.19. The Bertz CT molecular complexity index is 868. The third kappa shape index (κ3) is 3.83. The van der Waals surface area contributed by atoms with E-state index in [4.69, 9.17) is 9.47 Å². The van der Waals surface area contributed by atoms with Crippen LogP contribution in [0.25, 0.3) is 0 Å². The van der Waals surface area contributed by atoms with Crippen molar-refractivity contribution in [3.05, 3.63) is 59.4 Å². The third-order valence-corrected chi connectivity index (χ3v) is 6.47. The average Bonchev–Trinajstić information content (AvgIpc) is 3.13. The second-order valence-electron chi connectivity index (χ2n) is 6.27. The Morgan fingerprint density at radius 3 is 2.42 bits per heavy atom. The standard InChI is InChI=1S/C19H22FNO4S/c1-24-18-10-7-15(12-19(18)25-2)17-4-3-11-21(17)26(22,23)13-14-5-8-16(20)9-6-14/h5-10,12,17H,3-4,11,13H2,1-2H3/t17-/m1/s1. The SMILES string of the molecule is COc1ccc([C@H]2CCCN2S(=O)(=O)Cc2ccc(F)cc2)cc1OC. The molecule has 0 aromatic heterocycles. The van der Waals surface area contributed by atoms with Gasteiger partial charge in [0.25, 0.3) is 0 Å². The molecule has 140 valence electrons. The van der Waals surface area contributed by atoms with E-state index in [-0.39, 0.29) is 17.6 Å². The Morgan fingerprint density at radius 1 is 1.08 bits per heavy atom. The van der Waals surface area contributed by atoms with Crippen LogP contribution in [-0.2, 0) is 15.8 Å². The molecule has 0 unspecified atom stereocenters. The van der Waals surface area contributed by atoms with E-state index in [9.17, 15) is 12.8 Å². The van der Waals surface area contributed by atoms with Crippen LogP contribution < -0.4 is 9.47 Å². The molecule has 2 aromatic carbocycles. The minimum Gasteiger partial charge on any atom is -0.493 e. The zero-order chi connectivity index (χ0) is 18.7. The predicted molar refractivity (Wildman–Crippen MR) is 97.3 cm³/mol. The molecule has 5 nitrogen and oxygen atoms in total. The first-order chi connectivity index (χ1) is 12.4. The molecule has 0 radical (unpaired) electrons. The largest absolute Gasteiger partial charge is 0.493 e. The van der Waals surface area contributed by atoms with Crippen molar-refractivity contribution in [3.8, 4) is 11.5 Å². The smallest absolute Gasteiger partial charge is 0.218 e. The number of nitrogens with zero attached hydrogens (tertiary/aromatic N) is 1. The van der Waals surface area contributed by atoms with Crippen LogP contribution >= 0.6 is 0 Å². The lowest BCUT2D eigenvalue weighted by Crippen LogP contribution is -2.31. The summed E-state index contributed by atoms with van der Waals surface area (Å²) in [5.41, 5.74) is 1.45. The summed E-state index contributed by atoms with van der Waals surface area (Å²) < 4.78 is 51.0. The molecule has 0 spiro atoms. The van der Waals surface area contributed by atoms with E-state index in [0.29, 0.717) is 23.6 Å². The van der Waals surface area contributed by atoms with E-state index in [1.165, 1.54) is 28.6 Å². The van der Waals surface area contributed by atoms with E-state index in [2.05, 4.69) is 0 Å². The van der Waals surface area contributed by atoms with Gasteiger partial charge in [0.1, 0.15) is 5.82 Å². The number of benzene rings is 2. The van der Waals surface area contributed by atoms with Gasteiger partial charge in [0.2, 0.25) is 10.0 Å². The van der Waals surface area contributed by atoms with E-state index < -0.39 is 10.0 Å². The summed E-state index contributed by atoms with van der Waals surface area (Å²) in [6, 6.07) is 10.8. The number of rotatable bonds is 6. The molecule has 1 saturated heterocycles. The molecule has 0 N–H and O–H groups in total. The van der Waals surface area contributed by atoms with Crippen molar-refractivity contribution < 1.29 is 22.3 Å². The van der Waals surface area contributed by atoms with E-state index >= 15 is 0 Å². The van der Waals surface area contributed by atoms with Crippen LogP contribution in [0.4, 0.5) is 4.39 Å². The van der Waals surface area contributed by atoms with Gasteiger partial charge in [-0.05, 0) is 48.2 Å². The van der Waals surface area contributed by atoms with E-state index in [0.717, 1.165) is 18.4 Å². The van der Waals surface area contributed by atoms with Crippen LogP contribution in [0.5, 0.6) is 11.5 Å². The monoisotopic (exact) mass is 379 g/mol. The molecular weight excluding hydrogens is 357 g/mol. The zero-order valence-corrected chi connectivity index (χ0v) is 15.6. The fourth-order valence-corrected chi connectivity index (χ4v) is 5.14. The average molecular weight is 379 g/mol. The molecule has 0 saturated carbocycles. The maximum Gasteiger partial charge on any atom is 0.218 e. The predicted octanol–water partition coefficient (Wildman–Crippen LogP) is 3.51. The zero-order valence-electron chi connectivity index (χ0n) is 14.8. The molecule has 26 heavy (non-hydrogen) atoms. The highest BCUT2D eigenvalue weighted by Crippen LogP contribution is 2.38. The Hall–Kier alpha value is -2.12. The molecule has 1 aliphatic rings. The van der Waals surface area contributed by atoms with Crippen molar-refractivity contribution in [2.75, 3.05) is 20.8 Å². The third-order valence-electron chi connectivity index (χ3n) is 4.62. The fourth-order valence-electron chi connectivity index (χ4n) is 3.34. The second kappa shape index (κ2) is 7.63. The molecule has 1 heterocycles. The molecule has 1 atom stereocenters. The number of sulfonamides is 1. The summed E-state index contributed by atoms with van der Waals surface area (Å²) in [7, 11) is -0.403. The molecule has 3 rings (SSSR count). The first-order valence-electron chi connectivity index (χ1n) is 8.40. The van der Waals surface area contributed by atoms with Crippen LogP contribution in [0.2, 0.25) is 0 Å². The molecule has 0 amide bonds. The van der Waals surface area contributed by atoms with Gasteiger partial charge < -0.3 is 9.47 Å². The summed E-state index contributed by atoms with van der Waals surface area (Å²) in [6.07, 6.45) is 1.54. The van der Waals surface area contributed by atoms with Crippen molar-refractivity contribution in [1.82, 2.24) is 4.31 Å². The lowest BCUT2D eigenvalue weighted by Gasteiger charge is -2.25. The summed E-state index contributed by atoms with van der Waals surface area (Å²) in [5.74, 6) is 0.662. The molecule has 1 fully saturated rings. The van der Waals surface area contributed by atoms with Crippen LogP contribution in [-0.4, -0.2) is 33.5 Å². The van der Waals surface area contributed by atoms with Gasteiger partial charge in [0.05, 0.1) is 20.0 Å². The highest BCUT2D eigenvalue weighted by atomic mass is 32.2. The summed E-state index contributed by atoms with van der Waals surface area (Å²) >= 11 is 0. The quantitative estimate of drug-likeness (QED) is 0.771. The number of methoxy groups -OCH3 is 2. The van der Waals surface area contributed by atoms with Gasteiger partial charge in [0, 0.05) is 12.6 Å². The summed E-state index contributed by atoms with van der Waals surface area (Å²) in [4.78, 5) is 0. The first-order valence-corrected chi connectivity index (χ1v) is 10.0. The number of hydrogen-bond donors (Lipinski definition) is 0. The van der Waals surface area contributed by atoms with Crippen molar-refractivity contribution in [2.45, 2.75) is 24.6 Å². The normalized spacial score (nSPS) is 18.0. The highest BCUT2D eigenvalue weighted by molar-refractivity contribution is 7.88. The number of hydrogen-bond acceptors (Lipinski definition) is 4. The number of ether oxygens (including phenoxy) is 2. The van der Waals surface area contributed by atoms with Gasteiger partial charge in [-0.25, -0.2) is 12.8 Å². The molecule has 0 aliphatic carbocycles. The summed E-state index contributed by atoms with van der Waals surface area (Å²) in [5, 5.41) is 0. The maximum atomic E-state index is 13.1. The van der Waals surface area contributed by atoms with Crippen molar-refractivity contribution in [3.63, 3.8) is 0 Å². The van der Waals surface area contributed by atoms with Crippen LogP contribution in [0.15, 0.2) is 42.5 Å². The van der Waals surface area contributed by atoms with E-state index in [1.54, 1.807) is 20.3 Å². The molecule has 0 bridgehead atoms. The van der Waals surface area contributed by atoms with Crippen LogP contribution in [0.3, 0.4) is 0 Å². The van der Waals surface area contributed by atoms with E-state index in [1.807, 2.05) is 12.1 Å². The van der Waals surface area contributed by atoms with Gasteiger partial charge >= 0.3 is 0 Å².